The predicted octanol–water partition coefficient (Wildman–Crippen LogP) is 6.16. The van der Waals surface area contributed by atoms with Gasteiger partial charge in [0.2, 0.25) is 11.8 Å². The Bertz CT molecular complexity index is 1360. The molecule has 2 amide bonds. The fourth-order valence-corrected chi connectivity index (χ4v) is 4.50. The number of benzene rings is 4. The molecule has 4 aromatic carbocycles. The Kier molecular flexibility index (Phi) is 9.76. The lowest BCUT2D eigenvalue weighted by molar-refractivity contribution is -0.140. The monoisotopic (exact) mass is 540 g/mol. The number of carbonyl (C=O) groups is 2. The summed E-state index contributed by atoms with van der Waals surface area (Å²) in [4.78, 5) is 29.3. The molecule has 0 fully saturated rings. The van der Waals surface area contributed by atoms with Crippen LogP contribution in [0.15, 0.2) is 103 Å². The molecule has 0 aliphatic heterocycles. The molecular formula is C33H33ClN2O3. The molecule has 0 saturated carbocycles. The quantitative estimate of drug-likeness (QED) is 0.248. The summed E-state index contributed by atoms with van der Waals surface area (Å²) >= 11 is 6.06. The third-order valence-electron chi connectivity index (χ3n) is 6.64. The van der Waals surface area contributed by atoms with Crippen molar-refractivity contribution in [3.05, 3.63) is 136 Å². The van der Waals surface area contributed by atoms with Gasteiger partial charge in [-0.1, -0.05) is 96.0 Å². The largest absolute Gasteiger partial charge is 0.497 e. The van der Waals surface area contributed by atoms with E-state index in [1.165, 1.54) is 0 Å². The lowest BCUT2D eigenvalue weighted by atomic mass is 10.0. The summed E-state index contributed by atoms with van der Waals surface area (Å²) in [6, 6.07) is 31.9. The molecule has 0 aromatic heterocycles. The minimum atomic E-state index is -0.709. The van der Waals surface area contributed by atoms with Gasteiger partial charge in [-0.05, 0) is 53.4 Å². The van der Waals surface area contributed by atoms with Crippen LogP contribution >= 0.6 is 11.6 Å². The van der Waals surface area contributed by atoms with Crippen molar-refractivity contribution in [3.63, 3.8) is 0 Å². The zero-order valence-electron chi connectivity index (χ0n) is 22.3. The van der Waals surface area contributed by atoms with E-state index >= 15 is 0 Å². The fraction of sp³-hybridized carbons (Fsp3) is 0.212. The molecule has 1 N–H and O–H groups in total. The van der Waals surface area contributed by atoms with Crippen molar-refractivity contribution in [1.29, 1.82) is 0 Å². The SMILES string of the molecule is COc1ccc(CN(C(=O)Cc2ccc(Cl)cc2)[C@@H](Cc2ccccc2)C(=O)NCc2ccc(C)cc2)cc1. The second kappa shape index (κ2) is 13.6. The van der Waals surface area contributed by atoms with Crippen molar-refractivity contribution in [1.82, 2.24) is 10.2 Å². The zero-order chi connectivity index (χ0) is 27.6. The van der Waals surface area contributed by atoms with Gasteiger partial charge < -0.3 is 15.0 Å². The summed E-state index contributed by atoms with van der Waals surface area (Å²) in [5.41, 5.74) is 4.88. The fourth-order valence-electron chi connectivity index (χ4n) is 4.37. The van der Waals surface area contributed by atoms with E-state index in [9.17, 15) is 9.59 Å². The van der Waals surface area contributed by atoms with E-state index in [2.05, 4.69) is 5.32 Å². The Labute approximate surface area is 235 Å². The second-order valence-electron chi connectivity index (χ2n) is 9.58. The summed E-state index contributed by atoms with van der Waals surface area (Å²) in [7, 11) is 1.62. The van der Waals surface area contributed by atoms with Crippen LogP contribution in [-0.2, 0) is 35.5 Å². The van der Waals surface area contributed by atoms with Crippen LogP contribution in [0.5, 0.6) is 5.75 Å². The molecule has 0 heterocycles. The van der Waals surface area contributed by atoms with Crippen molar-refractivity contribution < 1.29 is 14.3 Å². The molecule has 39 heavy (non-hydrogen) atoms. The highest BCUT2D eigenvalue weighted by atomic mass is 35.5. The maximum atomic E-state index is 13.9. The maximum Gasteiger partial charge on any atom is 0.243 e. The summed E-state index contributed by atoms with van der Waals surface area (Å²) in [6.07, 6.45) is 0.549. The van der Waals surface area contributed by atoms with E-state index in [1.807, 2.05) is 97.9 Å². The molecule has 6 heteroatoms. The lowest BCUT2D eigenvalue weighted by Crippen LogP contribution is -2.50. The van der Waals surface area contributed by atoms with Gasteiger partial charge in [-0.15, -0.1) is 0 Å². The van der Waals surface area contributed by atoms with Gasteiger partial charge in [0.05, 0.1) is 13.5 Å². The highest BCUT2D eigenvalue weighted by Gasteiger charge is 2.30. The Morgan fingerprint density at radius 2 is 1.41 bits per heavy atom. The number of carbonyl (C=O) groups excluding carboxylic acids is 2. The number of hydrogen-bond acceptors (Lipinski definition) is 3. The van der Waals surface area contributed by atoms with Crippen molar-refractivity contribution in [3.8, 4) is 5.75 Å². The third-order valence-corrected chi connectivity index (χ3v) is 6.89. The summed E-state index contributed by atoms with van der Waals surface area (Å²) in [6.45, 7) is 2.69. The third kappa shape index (κ3) is 8.20. The summed E-state index contributed by atoms with van der Waals surface area (Å²) < 4.78 is 5.30. The van der Waals surface area contributed by atoms with E-state index in [4.69, 9.17) is 16.3 Å². The second-order valence-corrected chi connectivity index (χ2v) is 10.0. The molecule has 0 unspecified atom stereocenters. The van der Waals surface area contributed by atoms with Crippen LogP contribution in [0.4, 0.5) is 0 Å². The number of methoxy groups -OCH3 is 1. The number of nitrogens with one attached hydrogen (secondary N) is 1. The first-order valence-electron chi connectivity index (χ1n) is 13.0. The zero-order valence-corrected chi connectivity index (χ0v) is 23.0. The van der Waals surface area contributed by atoms with Gasteiger partial charge >= 0.3 is 0 Å². The molecule has 4 rings (SSSR count). The first-order valence-corrected chi connectivity index (χ1v) is 13.3. The summed E-state index contributed by atoms with van der Waals surface area (Å²) in [5, 5.41) is 3.69. The number of halogens is 1. The first-order chi connectivity index (χ1) is 18.9. The van der Waals surface area contributed by atoms with Gasteiger partial charge in [-0.25, -0.2) is 0 Å². The standard InChI is InChI=1S/C33H33ClN2O3/c1-24-8-10-27(11-9-24)22-35-33(38)31(20-25-6-4-3-5-7-25)36(23-28-14-18-30(39-2)19-15-28)32(37)21-26-12-16-29(34)17-13-26/h3-19,31H,20-23H2,1-2H3,(H,35,38)/t31-/m0/s1. The van der Waals surface area contributed by atoms with Crippen molar-refractivity contribution in [2.24, 2.45) is 0 Å². The summed E-state index contributed by atoms with van der Waals surface area (Å²) in [5.74, 6) is 0.395. The number of rotatable bonds is 11. The highest BCUT2D eigenvalue weighted by Crippen LogP contribution is 2.19. The van der Waals surface area contributed by atoms with Crippen LogP contribution in [-0.4, -0.2) is 29.9 Å². The van der Waals surface area contributed by atoms with Gasteiger partial charge in [0.15, 0.2) is 0 Å². The van der Waals surface area contributed by atoms with E-state index in [1.54, 1.807) is 24.1 Å². The van der Waals surface area contributed by atoms with Crippen molar-refractivity contribution in [2.75, 3.05) is 7.11 Å². The molecule has 0 radical (unpaired) electrons. The van der Waals surface area contributed by atoms with Crippen LogP contribution < -0.4 is 10.1 Å². The molecule has 1 atom stereocenters. The van der Waals surface area contributed by atoms with Crippen LogP contribution in [0.2, 0.25) is 5.02 Å². The van der Waals surface area contributed by atoms with E-state index in [0.29, 0.717) is 18.0 Å². The molecule has 5 nitrogen and oxygen atoms in total. The highest BCUT2D eigenvalue weighted by molar-refractivity contribution is 6.30. The Morgan fingerprint density at radius 1 is 0.795 bits per heavy atom. The van der Waals surface area contributed by atoms with Crippen molar-refractivity contribution in [2.45, 2.75) is 38.9 Å². The van der Waals surface area contributed by atoms with E-state index < -0.39 is 6.04 Å². The molecule has 200 valence electrons. The Morgan fingerprint density at radius 3 is 2.05 bits per heavy atom. The minimum Gasteiger partial charge on any atom is -0.497 e. The number of hydrogen-bond donors (Lipinski definition) is 1. The van der Waals surface area contributed by atoms with Crippen LogP contribution in [0.1, 0.15) is 27.8 Å². The number of nitrogens with zero attached hydrogens (tertiary/aromatic N) is 1. The molecule has 4 aromatic rings. The van der Waals surface area contributed by atoms with E-state index in [0.717, 1.165) is 33.6 Å². The Balaban J connectivity index is 1.64. The molecule has 0 spiro atoms. The normalized spacial score (nSPS) is 11.5. The topological polar surface area (TPSA) is 58.6 Å². The predicted molar refractivity (Wildman–Crippen MR) is 156 cm³/mol. The Hall–Kier alpha value is -4.09. The average Bonchev–Trinajstić information content (AvgIpc) is 2.96. The lowest BCUT2D eigenvalue weighted by Gasteiger charge is -2.32. The minimum absolute atomic E-state index is 0.139. The van der Waals surface area contributed by atoms with Gasteiger partial charge in [-0.2, -0.15) is 0 Å². The number of aryl methyl sites for hydroxylation is 1. The maximum absolute atomic E-state index is 13.9. The number of amides is 2. The molecule has 0 bridgehead atoms. The molecular weight excluding hydrogens is 508 g/mol. The average molecular weight is 541 g/mol. The van der Waals surface area contributed by atoms with Crippen molar-refractivity contribution >= 4 is 23.4 Å². The van der Waals surface area contributed by atoms with Gasteiger partial charge in [0.1, 0.15) is 11.8 Å². The first kappa shape index (κ1) is 27.9. The van der Waals surface area contributed by atoms with Gasteiger partial charge in [0.25, 0.3) is 0 Å². The van der Waals surface area contributed by atoms with Gasteiger partial charge in [0, 0.05) is 24.5 Å². The van der Waals surface area contributed by atoms with Crippen LogP contribution in [0, 0.1) is 6.92 Å². The van der Waals surface area contributed by atoms with Crippen LogP contribution in [0.3, 0.4) is 0 Å². The number of ether oxygens (including phenoxy) is 1. The van der Waals surface area contributed by atoms with Gasteiger partial charge in [-0.3, -0.25) is 9.59 Å². The molecule has 0 saturated heterocycles. The molecule has 0 aliphatic rings. The van der Waals surface area contributed by atoms with Crippen LogP contribution in [0.25, 0.3) is 0 Å². The molecule has 0 aliphatic carbocycles. The smallest absolute Gasteiger partial charge is 0.243 e. The van der Waals surface area contributed by atoms with E-state index in [-0.39, 0.29) is 24.8 Å².